The molecule has 0 radical (unpaired) electrons. The Morgan fingerprint density at radius 1 is 1.12 bits per heavy atom. The first-order valence-corrected chi connectivity index (χ1v) is 6.55. The summed E-state index contributed by atoms with van der Waals surface area (Å²) in [7, 11) is 0. The third-order valence-electron chi connectivity index (χ3n) is 2.72. The van der Waals surface area contributed by atoms with E-state index in [1.54, 1.807) is 6.07 Å². The van der Waals surface area contributed by atoms with Crippen molar-refractivity contribution in [2.45, 2.75) is 19.8 Å². The highest BCUT2D eigenvalue weighted by atomic mass is 79.9. The van der Waals surface area contributed by atoms with Crippen molar-refractivity contribution in [2.24, 2.45) is 0 Å². The van der Waals surface area contributed by atoms with Crippen LogP contribution in [-0.2, 0) is 6.42 Å². The van der Waals surface area contributed by atoms with Crippen LogP contribution in [0, 0.1) is 5.82 Å². The molecule has 2 aromatic carbocycles. The van der Waals surface area contributed by atoms with Gasteiger partial charge in [0.15, 0.2) is 0 Å². The average molecular weight is 293 g/mol. The summed E-state index contributed by atoms with van der Waals surface area (Å²) in [5.74, 6) is -0.187. The summed E-state index contributed by atoms with van der Waals surface area (Å²) < 4.78 is 14.6. The normalized spacial score (nSPS) is 10.5. The SMILES string of the molecule is CCCc1cccc(-c2c(F)cccc2Br)c1. The van der Waals surface area contributed by atoms with Gasteiger partial charge in [0.1, 0.15) is 5.82 Å². The number of rotatable bonds is 3. The maximum Gasteiger partial charge on any atom is 0.132 e. The van der Waals surface area contributed by atoms with Gasteiger partial charge in [-0.05, 0) is 29.7 Å². The van der Waals surface area contributed by atoms with E-state index in [4.69, 9.17) is 0 Å². The highest BCUT2D eigenvalue weighted by Crippen LogP contribution is 2.31. The van der Waals surface area contributed by atoms with Gasteiger partial charge in [-0.25, -0.2) is 4.39 Å². The highest BCUT2D eigenvalue weighted by Gasteiger charge is 2.09. The minimum absolute atomic E-state index is 0.187. The van der Waals surface area contributed by atoms with Crippen LogP contribution in [0.25, 0.3) is 11.1 Å². The molecule has 0 heterocycles. The molecular weight excluding hydrogens is 279 g/mol. The van der Waals surface area contributed by atoms with Gasteiger partial charge in [-0.3, -0.25) is 0 Å². The zero-order chi connectivity index (χ0) is 12.3. The zero-order valence-corrected chi connectivity index (χ0v) is 11.3. The van der Waals surface area contributed by atoms with Crippen LogP contribution in [0.15, 0.2) is 46.9 Å². The van der Waals surface area contributed by atoms with Gasteiger partial charge in [-0.1, -0.05) is 59.6 Å². The minimum Gasteiger partial charge on any atom is -0.206 e. The molecule has 17 heavy (non-hydrogen) atoms. The van der Waals surface area contributed by atoms with E-state index < -0.39 is 0 Å². The first-order chi connectivity index (χ1) is 8.22. The molecule has 0 amide bonds. The first kappa shape index (κ1) is 12.3. The molecule has 2 rings (SSSR count). The van der Waals surface area contributed by atoms with E-state index in [2.05, 4.69) is 35.0 Å². The van der Waals surface area contributed by atoms with Gasteiger partial charge < -0.3 is 0 Å². The van der Waals surface area contributed by atoms with Crippen LogP contribution in [0.4, 0.5) is 4.39 Å². The number of benzene rings is 2. The number of halogens is 2. The molecule has 0 unspecified atom stereocenters. The minimum atomic E-state index is -0.187. The van der Waals surface area contributed by atoms with Gasteiger partial charge in [-0.15, -0.1) is 0 Å². The third kappa shape index (κ3) is 2.75. The second-order valence-corrected chi connectivity index (χ2v) is 4.90. The molecule has 0 saturated carbocycles. The standard InChI is InChI=1S/C15H14BrF/c1-2-5-11-6-3-7-12(10-11)15-13(16)8-4-9-14(15)17/h3-4,6-10H,2,5H2,1H3. The van der Waals surface area contributed by atoms with Crippen molar-refractivity contribution in [3.05, 3.63) is 58.3 Å². The Labute approximate surface area is 110 Å². The number of aryl methyl sites for hydroxylation is 1. The first-order valence-electron chi connectivity index (χ1n) is 5.75. The summed E-state index contributed by atoms with van der Waals surface area (Å²) in [5, 5.41) is 0. The molecule has 0 nitrogen and oxygen atoms in total. The second-order valence-electron chi connectivity index (χ2n) is 4.05. The van der Waals surface area contributed by atoms with Crippen LogP contribution in [0.1, 0.15) is 18.9 Å². The van der Waals surface area contributed by atoms with Crippen molar-refractivity contribution < 1.29 is 4.39 Å². The van der Waals surface area contributed by atoms with Crippen LogP contribution >= 0.6 is 15.9 Å². The lowest BCUT2D eigenvalue weighted by Crippen LogP contribution is -1.88. The molecule has 0 N–H and O–H groups in total. The van der Waals surface area contributed by atoms with Crippen molar-refractivity contribution >= 4 is 15.9 Å². The summed E-state index contributed by atoms with van der Waals surface area (Å²) in [6.07, 6.45) is 2.13. The Balaban J connectivity index is 2.49. The van der Waals surface area contributed by atoms with Crippen molar-refractivity contribution in [1.29, 1.82) is 0 Å². The molecule has 0 aliphatic heterocycles. The van der Waals surface area contributed by atoms with E-state index in [1.165, 1.54) is 11.6 Å². The summed E-state index contributed by atoms with van der Waals surface area (Å²) >= 11 is 3.41. The van der Waals surface area contributed by atoms with Gasteiger partial charge in [0.05, 0.1) is 0 Å². The average Bonchev–Trinajstić information content (AvgIpc) is 2.30. The van der Waals surface area contributed by atoms with Crippen molar-refractivity contribution in [3.8, 4) is 11.1 Å². The monoisotopic (exact) mass is 292 g/mol. The lowest BCUT2D eigenvalue weighted by atomic mass is 10.0. The topological polar surface area (TPSA) is 0 Å². The predicted octanol–water partition coefficient (Wildman–Crippen LogP) is 5.21. The quantitative estimate of drug-likeness (QED) is 0.729. The van der Waals surface area contributed by atoms with Gasteiger partial charge in [0.2, 0.25) is 0 Å². The number of hydrogen-bond acceptors (Lipinski definition) is 0. The van der Waals surface area contributed by atoms with Crippen LogP contribution < -0.4 is 0 Å². The molecule has 0 saturated heterocycles. The molecule has 0 fully saturated rings. The van der Waals surface area contributed by atoms with Crippen LogP contribution in [-0.4, -0.2) is 0 Å². The smallest absolute Gasteiger partial charge is 0.132 e. The van der Waals surface area contributed by atoms with Gasteiger partial charge in [0.25, 0.3) is 0 Å². The fourth-order valence-electron chi connectivity index (χ4n) is 1.94. The highest BCUT2D eigenvalue weighted by molar-refractivity contribution is 9.10. The lowest BCUT2D eigenvalue weighted by Gasteiger charge is -2.08. The van der Waals surface area contributed by atoms with E-state index in [0.29, 0.717) is 5.56 Å². The van der Waals surface area contributed by atoms with E-state index in [0.717, 1.165) is 22.9 Å². The van der Waals surface area contributed by atoms with E-state index in [1.807, 2.05) is 18.2 Å². The van der Waals surface area contributed by atoms with Crippen LogP contribution in [0.5, 0.6) is 0 Å². The molecule has 0 atom stereocenters. The van der Waals surface area contributed by atoms with Crippen molar-refractivity contribution in [2.75, 3.05) is 0 Å². The van der Waals surface area contributed by atoms with Crippen molar-refractivity contribution in [3.63, 3.8) is 0 Å². The lowest BCUT2D eigenvalue weighted by molar-refractivity contribution is 0.630. The summed E-state index contributed by atoms with van der Waals surface area (Å²) in [5.41, 5.74) is 2.83. The molecule has 0 aromatic heterocycles. The van der Waals surface area contributed by atoms with Gasteiger partial charge in [0, 0.05) is 10.0 Å². The summed E-state index contributed by atoms with van der Waals surface area (Å²) in [6.45, 7) is 2.14. The fourth-order valence-corrected chi connectivity index (χ4v) is 2.52. The zero-order valence-electron chi connectivity index (χ0n) is 9.71. The number of hydrogen-bond donors (Lipinski definition) is 0. The Morgan fingerprint density at radius 3 is 2.59 bits per heavy atom. The van der Waals surface area contributed by atoms with Gasteiger partial charge >= 0.3 is 0 Å². The molecule has 0 bridgehead atoms. The van der Waals surface area contributed by atoms with Crippen LogP contribution in [0.2, 0.25) is 0 Å². The fraction of sp³-hybridized carbons (Fsp3) is 0.200. The predicted molar refractivity (Wildman–Crippen MR) is 73.5 cm³/mol. The second kappa shape index (κ2) is 5.46. The van der Waals surface area contributed by atoms with E-state index in [9.17, 15) is 4.39 Å². The Kier molecular flexibility index (Phi) is 3.95. The Hall–Kier alpha value is -1.15. The molecular formula is C15H14BrF. The Bertz CT molecular complexity index is 500. The maximum atomic E-state index is 13.8. The Morgan fingerprint density at radius 2 is 1.88 bits per heavy atom. The molecule has 88 valence electrons. The molecule has 0 aliphatic carbocycles. The van der Waals surface area contributed by atoms with E-state index in [-0.39, 0.29) is 5.82 Å². The van der Waals surface area contributed by atoms with Crippen molar-refractivity contribution in [1.82, 2.24) is 0 Å². The molecule has 2 aromatic rings. The largest absolute Gasteiger partial charge is 0.206 e. The van der Waals surface area contributed by atoms with Gasteiger partial charge in [-0.2, -0.15) is 0 Å². The van der Waals surface area contributed by atoms with Crippen LogP contribution in [0.3, 0.4) is 0 Å². The van der Waals surface area contributed by atoms with E-state index >= 15 is 0 Å². The summed E-state index contributed by atoms with van der Waals surface area (Å²) in [6, 6.07) is 13.1. The third-order valence-corrected chi connectivity index (χ3v) is 3.38. The molecule has 2 heteroatoms. The summed E-state index contributed by atoms with van der Waals surface area (Å²) in [4.78, 5) is 0. The molecule has 0 spiro atoms. The molecule has 0 aliphatic rings. The maximum absolute atomic E-state index is 13.8.